The maximum atomic E-state index is 9.53. The van der Waals surface area contributed by atoms with E-state index in [1.165, 1.54) is 0 Å². The smallest absolute Gasteiger partial charge is 0.239 e. The Labute approximate surface area is 124 Å². The number of anilines is 2. The molecular weight excluding hydrogens is 266 g/mol. The molecule has 2 rings (SSSR count). The molecule has 0 aliphatic carbocycles. The van der Waals surface area contributed by atoms with E-state index < -0.39 is 0 Å². The van der Waals surface area contributed by atoms with Crippen LogP contribution in [0.15, 0.2) is 42.5 Å². The molecule has 4 N–H and O–H groups in total. The zero-order valence-corrected chi connectivity index (χ0v) is 12.1. The lowest BCUT2D eigenvalue weighted by molar-refractivity contribution is 0.273. The fourth-order valence-corrected chi connectivity index (χ4v) is 2.05. The molecule has 0 aliphatic heterocycles. The van der Waals surface area contributed by atoms with E-state index in [9.17, 15) is 5.11 Å². The Bertz CT molecular complexity index is 561. The number of hydrogen-bond acceptors (Lipinski definition) is 5. The SMILES string of the molecule is CCOc1nc(NC(CO)Cc2ccccc2)ccc1N. The number of aliphatic hydroxyl groups excluding tert-OH is 1. The second-order valence-corrected chi connectivity index (χ2v) is 4.74. The number of nitrogens with two attached hydrogens (primary N) is 1. The Kier molecular flexibility index (Phi) is 5.40. The third-order valence-electron chi connectivity index (χ3n) is 3.07. The topological polar surface area (TPSA) is 80.4 Å². The molecule has 0 aliphatic rings. The first kappa shape index (κ1) is 15.1. The summed E-state index contributed by atoms with van der Waals surface area (Å²) in [6.07, 6.45) is 0.716. The van der Waals surface area contributed by atoms with Gasteiger partial charge in [-0.15, -0.1) is 0 Å². The van der Waals surface area contributed by atoms with Crippen molar-refractivity contribution in [2.45, 2.75) is 19.4 Å². The second kappa shape index (κ2) is 7.50. The Morgan fingerprint density at radius 1 is 1.24 bits per heavy atom. The van der Waals surface area contributed by atoms with Crippen LogP contribution < -0.4 is 15.8 Å². The normalized spacial score (nSPS) is 11.9. The van der Waals surface area contributed by atoms with Gasteiger partial charge in [-0.25, -0.2) is 0 Å². The highest BCUT2D eigenvalue weighted by molar-refractivity contribution is 5.54. The highest BCUT2D eigenvalue weighted by Gasteiger charge is 2.11. The number of nitrogens with zero attached hydrogens (tertiary/aromatic N) is 1. The van der Waals surface area contributed by atoms with Crippen LogP contribution in [0.4, 0.5) is 11.5 Å². The average Bonchev–Trinajstić information content (AvgIpc) is 2.51. The van der Waals surface area contributed by atoms with Gasteiger partial charge in [-0.05, 0) is 31.0 Å². The lowest BCUT2D eigenvalue weighted by atomic mass is 10.1. The minimum Gasteiger partial charge on any atom is -0.476 e. The zero-order chi connectivity index (χ0) is 15.1. The summed E-state index contributed by atoms with van der Waals surface area (Å²) in [7, 11) is 0. The molecule has 1 unspecified atom stereocenters. The molecular formula is C16H21N3O2. The van der Waals surface area contributed by atoms with Gasteiger partial charge in [0.05, 0.1) is 24.9 Å². The van der Waals surface area contributed by atoms with Crippen LogP contribution in [0.3, 0.4) is 0 Å². The number of hydrogen-bond donors (Lipinski definition) is 3. The summed E-state index contributed by atoms with van der Waals surface area (Å²) in [4.78, 5) is 4.32. The molecule has 21 heavy (non-hydrogen) atoms. The molecule has 1 aromatic carbocycles. The van der Waals surface area contributed by atoms with Crippen LogP contribution in [-0.2, 0) is 6.42 Å². The fourth-order valence-electron chi connectivity index (χ4n) is 2.05. The van der Waals surface area contributed by atoms with E-state index in [1.807, 2.05) is 37.3 Å². The summed E-state index contributed by atoms with van der Waals surface area (Å²) >= 11 is 0. The molecule has 1 aromatic heterocycles. The van der Waals surface area contributed by atoms with Crippen LogP contribution in [0.1, 0.15) is 12.5 Å². The van der Waals surface area contributed by atoms with Crippen LogP contribution >= 0.6 is 0 Å². The van der Waals surface area contributed by atoms with E-state index in [1.54, 1.807) is 12.1 Å². The minimum absolute atomic E-state index is 0.0188. The largest absolute Gasteiger partial charge is 0.476 e. The molecule has 0 saturated carbocycles. The van der Waals surface area contributed by atoms with E-state index in [2.05, 4.69) is 10.3 Å². The Hall–Kier alpha value is -2.27. The first-order chi connectivity index (χ1) is 10.2. The van der Waals surface area contributed by atoms with Crippen molar-refractivity contribution in [3.8, 4) is 5.88 Å². The van der Waals surface area contributed by atoms with Crippen molar-refractivity contribution in [3.05, 3.63) is 48.0 Å². The molecule has 0 saturated heterocycles. The molecule has 1 atom stereocenters. The maximum Gasteiger partial charge on any atom is 0.239 e. The third-order valence-corrected chi connectivity index (χ3v) is 3.07. The molecule has 5 heteroatoms. The standard InChI is InChI=1S/C16H21N3O2/c1-2-21-16-14(17)8-9-15(19-16)18-13(11-20)10-12-6-4-3-5-7-12/h3-9,13,20H,2,10-11,17H2,1H3,(H,18,19). The number of nitrogens with one attached hydrogen (secondary N) is 1. The summed E-state index contributed by atoms with van der Waals surface area (Å²) < 4.78 is 5.37. The van der Waals surface area contributed by atoms with E-state index in [-0.39, 0.29) is 12.6 Å². The van der Waals surface area contributed by atoms with Crippen LogP contribution in [-0.4, -0.2) is 29.3 Å². The van der Waals surface area contributed by atoms with E-state index in [4.69, 9.17) is 10.5 Å². The van der Waals surface area contributed by atoms with Crippen molar-refractivity contribution < 1.29 is 9.84 Å². The van der Waals surface area contributed by atoms with Gasteiger partial charge in [-0.2, -0.15) is 4.98 Å². The highest BCUT2D eigenvalue weighted by atomic mass is 16.5. The maximum absolute atomic E-state index is 9.53. The minimum atomic E-state index is -0.113. The predicted molar refractivity (Wildman–Crippen MR) is 84.5 cm³/mol. The lowest BCUT2D eigenvalue weighted by Crippen LogP contribution is -2.27. The number of rotatable bonds is 7. The molecule has 5 nitrogen and oxygen atoms in total. The Morgan fingerprint density at radius 3 is 2.67 bits per heavy atom. The van der Waals surface area contributed by atoms with Gasteiger partial charge in [0.1, 0.15) is 5.82 Å². The first-order valence-electron chi connectivity index (χ1n) is 7.03. The molecule has 0 spiro atoms. The molecule has 1 heterocycles. The van der Waals surface area contributed by atoms with Gasteiger partial charge in [0.2, 0.25) is 5.88 Å². The number of ether oxygens (including phenoxy) is 1. The van der Waals surface area contributed by atoms with Crippen molar-refractivity contribution in [2.24, 2.45) is 0 Å². The first-order valence-corrected chi connectivity index (χ1v) is 7.03. The predicted octanol–water partition coefficient (Wildman–Crippen LogP) is 2.08. The van der Waals surface area contributed by atoms with Gasteiger partial charge in [0.15, 0.2) is 0 Å². The lowest BCUT2D eigenvalue weighted by Gasteiger charge is -2.18. The van der Waals surface area contributed by atoms with E-state index >= 15 is 0 Å². The van der Waals surface area contributed by atoms with Gasteiger partial charge in [-0.3, -0.25) is 0 Å². The van der Waals surface area contributed by atoms with Gasteiger partial charge in [-0.1, -0.05) is 30.3 Å². The Balaban J connectivity index is 2.06. The third kappa shape index (κ3) is 4.36. The average molecular weight is 287 g/mol. The van der Waals surface area contributed by atoms with Gasteiger partial charge in [0.25, 0.3) is 0 Å². The van der Waals surface area contributed by atoms with Crippen LogP contribution in [0, 0.1) is 0 Å². The van der Waals surface area contributed by atoms with Crippen LogP contribution in [0.25, 0.3) is 0 Å². The second-order valence-electron chi connectivity index (χ2n) is 4.74. The Morgan fingerprint density at radius 2 is 2.00 bits per heavy atom. The molecule has 112 valence electrons. The summed E-state index contributed by atoms with van der Waals surface area (Å²) in [5, 5.41) is 12.7. The summed E-state index contributed by atoms with van der Waals surface area (Å²) in [5.41, 5.74) is 7.46. The number of nitrogen functional groups attached to an aromatic ring is 1. The number of pyridine rings is 1. The summed E-state index contributed by atoms with van der Waals surface area (Å²) in [6, 6.07) is 13.4. The summed E-state index contributed by atoms with van der Waals surface area (Å²) in [5.74, 6) is 1.06. The van der Waals surface area contributed by atoms with Gasteiger partial charge >= 0.3 is 0 Å². The quantitative estimate of drug-likeness (QED) is 0.726. The zero-order valence-electron chi connectivity index (χ0n) is 12.1. The summed E-state index contributed by atoms with van der Waals surface area (Å²) in [6.45, 7) is 2.41. The number of benzene rings is 1. The van der Waals surface area contributed by atoms with E-state index in [0.717, 1.165) is 5.56 Å². The molecule has 2 aromatic rings. The van der Waals surface area contributed by atoms with Crippen LogP contribution in [0.2, 0.25) is 0 Å². The van der Waals surface area contributed by atoms with Crippen molar-refractivity contribution >= 4 is 11.5 Å². The van der Waals surface area contributed by atoms with Crippen molar-refractivity contribution in [2.75, 3.05) is 24.3 Å². The highest BCUT2D eigenvalue weighted by Crippen LogP contribution is 2.21. The monoisotopic (exact) mass is 287 g/mol. The number of aliphatic hydroxyl groups is 1. The number of aromatic nitrogens is 1. The molecule has 0 fully saturated rings. The molecule has 0 radical (unpaired) electrons. The fraction of sp³-hybridized carbons (Fsp3) is 0.312. The molecule has 0 amide bonds. The van der Waals surface area contributed by atoms with Crippen LogP contribution in [0.5, 0.6) is 5.88 Å². The van der Waals surface area contributed by atoms with Crippen molar-refractivity contribution in [3.63, 3.8) is 0 Å². The van der Waals surface area contributed by atoms with Crippen molar-refractivity contribution in [1.29, 1.82) is 0 Å². The van der Waals surface area contributed by atoms with Crippen molar-refractivity contribution in [1.82, 2.24) is 4.98 Å². The van der Waals surface area contributed by atoms with Gasteiger partial charge < -0.3 is 20.9 Å². The molecule has 0 bridgehead atoms. The van der Waals surface area contributed by atoms with Gasteiger partial charge in [0, 0.05) is 0 Å². The van der Waals surface area contributed by atoms with E-state index in [0.29, 0.717) is 30.4 Å².